The number of hydrogen-bond acceptors (Lipinski definition) is 3. The molecule has 0 radical (unpaired) electrons. The summed E-state index contributed by atoms with van der Waals surface area (Å²) >= 11 is 0. The van der Waals surface area contributed by atoms with Crippen molar-refractivity contribution >= 4 is 17.3 Å². The van der Waals surface area contributed by atoms with E-state index < -0.39 is 5.82 Å². The molecule has 0 spiro atoms. The molecule has 0 unspecified atom stereocenters. The highest BCUT2D eigenvalue weighted by Crippen LogP contribution is 2.24. The minimum Gasteiger partial charge on any atom is -0.483 e. The van der Waals surface area contributed by atoms with Gasteiger partial charge in [0.15, 0.2) is 6.61 Å². The lowest BCUT2D eigenvalue weighted by atomic mass is 10.1. The predicted molar refractivity (Wildman–Crippen MR) is 80.9 cm³/mol. The minimum absolute atomic E-state index is 0.152. The number of ether oxygens (including phenoxy) is 1. The third-order valence-corrected chi connectivity index (χ3v) is 3.03. The molecule has 0 saturated carbocycles. The molecule has 0 aliphatic heterocycles. The third-order valence-electron chi connectivity index (χ3n) is 3.03. The van der Waals surface area contributed by atoms with E-state index in [0.29, 0.717) is 17.1 Å². The van der Waals surface area contributed by atoms with E-state index >= 15 is 0 Å². The first kappa shape index (κ1) is 14.8. The highest BCUT2D eigenvalue weighted by atomic mass is 19.1. The van der Waals surface area contributed by atoms with Gasteiger partial charge in [0.05, 0.1) is 0 Å². The molecule has 4 nitrogen and oxygen atoms in total. The summed E-state index contributed by atoms with van der Waals surface area (Å²) in [7, 11) is 0. The van der Waals surface area contributed by atoms with Crippen molar-refractivity contribution < 1.29 is 13.9 Å². The van der Waals surface area contributed by atoms with Crippen molar-refractivity contribution in [3.05, 3.63) is 53.3 Å². The highest BCUT2D eigenvalue weighted by molar-refractivity contribution is 5.91. The molecule has 110 valence electrons. The van der Waals surface area contributed by atoms with E-state index in [2.05, 4.69) is 5.32 Å². The maximum atomic E-state index is 13.0. The van der Waals surface area contributed by atoms with Gasteiger partial charge in [-0.2, -0.15) is 0 Å². The number of carbonyl (C=O) groups excluding carboxylic acids is 1. The van der Waals surface area contributed by atoms with Crippen molar-refractivity contribution in [2.45, 2.75) is 13.8 Å². The largest absolute Gasteiger partial charge is 0.483 e. The number of rotatable bonds is 4. The van der Waals surface area contributed by atoms with Crippen molar-refractivity contribution in [2.75, 3.05) is 17.7 Å². The van der Waals surface area contributed by atoms with Crippen LogP contribution in [-0.4, -0.2) is 12.5 Å². The zero-order valence-electron chi connectivity index (χ0n) is 11.9. The lowest BCUT2D eigenvalue weighted by Crippen LogP contribution is -2.20. The fraction of sp³-hybridized carbons (Fsp3) is 0.188. The summed E-state index contributed by atoms with van der Waals surface area (Å²) in [4.78, 5) is 11.8. The molecule has 0 aromatic heterocycles. The van der Waals surface area contributed by atoms with Crippen LogP contribution >= 0.6 is 0 Å². The normalized spacial score (nSPS) is 10.2. The molecule has 0 heterocycles. The van der Waals surface area contributed by atoms with Gasteiger partial charge in [-0.15, -0.1) is 0 Å². The summed E-state index contributed by atoms with van der Waals surface area (Å²) in [6.07, 6.45) is 0. The SMILES string of the molecule is Cc1cc(OCC(=O)Nc2cccc(F)c2)c(C)cc1N. The topological polar surface area (TPSA) is 64.3 Å². The van der Waals surface area contributed by atoms with Crippen LogP contribution in [0.25, 0.3) is 0 Å². The van der Waals surface area contributed by atoms with Crippen LogP contribution in [0.2, 0.25) is 0 Å². The van der Waals surface area contributed by atoms with Gasteiger partial charge < -0.3 is 15.8 Å². The number of benzene rings is 2. The summed E-state index contributed by atoms with van der Waals surface area (Å²) in [5.74, 6) is -0.149. The average Bonchev–Trinajstić information content (AvgIpc) is 2.41. The lowest BCUT2D eigenvalue weighted by molar-refractivity contribution is -0.118. The Labute approximate surface area is 122 Å². The van der Waals surface area contributed by atoms with Crippen molar-refractivity contribution in [1.29, 1.82) is 0 Å². The monoisotopic (exact) mass is 288 g/mol. The zero-order chi connectivity index (χ0) is 15.4. The predicted octanol–water partition coefficient (Wildman–Crippen LogP) is 3.04. The molecule has 0 atom stereocenters. The molecule has 2 rings (SSSR count). The van der Waals surface area contributed by atoms with Crippen LogP contribution in [-0.2, 0) is 4.79 Å². The van der Waals surface area contributed by atoms with Gasteiger partial charge in [0.2, 0.25) is 0 Å². The van der Waals surface area contributed by atoms with Gasteiger partial charge in [-0.1, -0.05) is 6.07 Å². The number of hydrogen-bond donors (Lipinski definition) is 2. The van der Waals surface area contributed by atoms with Gasteiger partial charge in [-0.3, -0.25) is 4.79 Å². The van der Waals surface area contributed by atoms with E-state index in [4.69, 9.17) is 10.5 Å². The van der Waals surface area contributed by atoms with Crippen LogP contribution in [0.4, 0.5) is 15.8 Å². The minimum atomic E-state index is -0.404. The molecular formula is C16H17FN2O2. The van der Waals surface area contributed by atoms with Crippen molar-refractivity contribution in [1.82, 2.24) is 0 Å². The molecule has 0 aliphatic rings. The van der Waals surface area contributed by atoms with Gasteiger partial charge >= 0.3 is 0 Å². The quantitative estimate of drug-likeness (QED) is 0.850. The van der Waals surface area contributed by atoms with Gasteiger partial charge in [0, 0.05) is 11.4 Å². The van der Waals surface area contributed by atoms with Crippen molar-refractivity contribution in [3.63, 3.8) is 0 Å². The van der Waals surface area contributed by atoms with Crippen LogP contribution in [0.3, 0.4) is 0 Å². The van der Waals surface area contributed by atoms with Gasteiger partial charge in [-0.05, 0) is 55.3 Å². The fourth-order valence-electron chi connectivity index (χ4n) is 1.87. The summed E-state index contributed by atoms with van der Waals surface area (Å²) in [6, 6.07) is 9.29. The van der Waals surface area contributed by atoms with Gasteiger partial charge in [0.1, 0.15) is 11.6 Å². The first-order valence-corrected chi connectivity index (χ1v) is 6.50. The Morgan fingerprint density at radius 1 is 1.24 bits per heavy atom. The van der Waals surface area contributed by atoms with E-state index in [1.54, 1.807) is 18.2 Å². The summed E-state index contributed by atoms with van der Waals surface area (Å²) in [5, 5.41) is 2.57. The molecule has 0 bridgehead atoms. The second-order valence-electron chi connectivity index (χ2n) is 4.82. The maximum Gasteiger partial charge on any atom is 0.262 e. The van der Waals surface area contributed by atoms with E-state index in [1.807, 2.05) is 13.8 Å². The van der Waals surface area contributed by atoms with Crippen LogP contribution in [0.15, 0.2) is 36.4 Å². The molecule has 0 fully saturated rings. The Bertz CT molecular complexity index is 671. The first-order chi connectivity index (χ1) is 9.95. The van der Waals surface area contributed by atoms with Crippen LogP contribution in [0.1, 0.15) is 11.1 Å². The Hall–Kier alpha value is -2.56. The molecule has 0 saturated heterocycles. The second-order valence-corrected chi connectivity index (χ2v) is 4.82. The number of aryl methyl sites for hydroxylation is 2. The Morgan fingerprint density at radius 2 is 2.00 bits per heavy atom. The lowest BCUT2D eigenvalue weighted by Gasteiger charge is -2.11. The Balaban J connectivity index is 1.97. The fourth-order valence-corrected chi connectivity index (χ4v) is 1.87. The van der Waals surface area contributed by atoms with Crippen molar-refractivity contribution in [2.24, 2.45) is 0 Å². The maximum absolute atomic E-state index is 13.0. The second kappa shape index (κ2) is 6.26. The summed E-state index contributed by atoms with van der Waals surface area (Å²) in [6.45, 7) is 3.57. The number of nitrogen functional groups attached to an aromatic ring is 1. The standard InChI is InChI=1S/C16H17FN2O2/c1-10-7-15(11(2)6-14(10)18)21-9-16(20)19-13-5-3-4-12(17)8-13/h3-8H,9,18H2,1-2H3,(H,19,20). The molecule has 1 amide bonds. The number of amides is 1. The highest BCUT2D eigenvalue weighted by Gasteiger charge is 2.07. The van der Waals surface area contributed by atoms with Crippen LogP contribution < -0.4 is 15.8 Å². The van der Waals surface area contributed by atoms with E-state index in [1.165, 1.54) is 18.2 Å². The number of halogens is 1. The Kier molecular flexibility index (Phi) is 4.42. The number of anilines is 2. The van der Waals surface area contributed by atoms with Crippen molar-refractivity contribution in [3.8, 4) is 5.75 Å². The molecule has 21 heavy (non-hydrogen) atoms. The molecular weight excluding hydrogens is 271 g/mol. The first-order valence-electron chi connectivity index (χ1n) is 6.50. The van der Waals surface area contributed by atoms with E-state index in [0.717, 1.165) is 11.1 Å². The molecule has 2 aromatic rings. The van der Waals surface area contributed by atoms with E-state index in [-0.39, 0.29) is 12.5 Å². The van der Waals surface area contributed by atoms with Gasteiger partial charge in [-0.25, -0.2) is 4.39 Å². The van der Waals surface area contributed by atoms with E-state index in [9.17, 15) is 9.18 Å². The molecule has 3 N–H and O–H groups in total. The average molecular weight is 288 g/mol. The molecule has 5 heteroatoms. The molecule has 0 aliphatic carbocycles. The number of nitrogens with two attached hydrogens (primary N) is 1. The summed E-state index contributed by atoms with van der Waals surface area (Å²) in [5.41, 5.74) is 8.62. The Morgan fingerprint density at radius 3 is 2.71 bits per heavy atom. The third kappa shape index (κ3) is 3.95. The van der Waals surface area contributed by atoms with Gasteiger partial charge in [0.25, 0.3) is 5.91 Å². The van der Waals surface area contributed by atoms with Crippen LogP contribution in [0, 0.1) is 19.7 Å². The molecule has 2 aromatic carbocycles. The number of nitrogens with one attached hydrogen (secondary N) is 1. The summed E-state index contributed by atoms with van der Waals surface area (Å²) < 4.78 is 18.5. The zero-order valence-corrected chi connectivity index (χ0v) is 11.9. The smallest absolute Gasteiger partial charge is 0.262 e. The number of carbonyl (C=O) groups is 1. The van der Waals surface area contributed by atoms with Crippen LogP contribution in [0.5, 0.6) is 5.75 Å².